The van der Waals surface area contributed by atoms with Crippen LogP contribution >= 0.6 is 10.5 Å². The normalized spacial score (nSPS) is 12.7. The fourth-order valence-corrected chi connectivity index (χ4v) is 3.52. The first-order valence-corrected chi connectivity index (χ1v) is 8.37. The van der Waals surface area contributed by atoms with E-state index in [0.29, 0.717) is 10.5 Å². The molecule has 0 aliphatic rings. The Hall–Kier alpha value is -2.46. The number of esters is 1. The Bertz CT molecular complexity index is 783. The third kappa shape index (κ3) is 4.05. The van der Waals surface area contributed by atoms with Gasteiger partial charge in [-0.3, -0.25) is 4.79 Å². The number of carbonyl (C=O) groups is 2. The van der Waals surface area contributed by atoms with Crippen LogP contribution in [0.4, 0.5) is 0 Å². The molecule has 2 aromatic carbocycles. The molecule has 0 fully saturated rings. The van der Waals surface area contributed by atoms with E-state index in [4.69, 9.17) is 6.11 Å². The average Bonchev–Trinajstić information content (AvgIpc) is 2.60. The lowest BCUT2D eigenvalue weighted by Gasteiger charge is -2.12. The molecule has 2 aromatic rings. The van der Waals surface area contributed by atoms with Gasteiger partial charge in [-0.05, 0) is 24.4 Å². The molecule has 0 amide bonds. The minimum Gasteiger partial charge on any atom is -0.462 e. The molecule has 3 nitrogen and oxygen atoms in total. The van der Waals surface area contributed by atoms with Crippen LogP contribution in [0.5, 0.6) is 0 Å². The Labute approximate surface area is 139 Å². The van der Waals surface area contributed by atoms with Gasteiger partial charge in [0.15, 0.2) is 0 Å². The largest absolute Gasteiger partial charge is 0.462 e. The van der Waals surface area contributed by atoms with E-state index in [-0.39, 0.29) is 16.9 Å². The number of rotatable bonds is 6. The minimum absolute atomic E-state index is 0.00599. The summed E-state index contributed by atoms with van der Waals surface area (Å²) < 4.78 is 13.1. The number of hydrogen-bond acceptors (Lipinski definition) is 3. The Morgan fingerprint density at radius 2 is 1.70 bits per heavy atom. The Morgan fingerprint density at radius 3 is 2.22 bits per heavy atom. The van der Waals surface area contributed by atoms with E-state index < -0.39 is 22.2 Å². The summed E-state index contributed by atoms with van der Waals surface area (Å²) in [5.74, 6) is -1.14. The Balaban J connectivity index is 2.69. The maximum Gasteiger partial charge on any atom is 0.348 e. The van der Waals surface area contributed by atoms with Crippen LogP contribution < -0.4 is 0 Å². The third-order valence-electron chi connectivity index (χ3n) is 3.03. The van der Waals surface area contributed by atoms with E-state index in [1.807, 2.05) is 6.07 Å². The van der Waals surface area contributed by atoms with Crippen LogP contribution in [-0.4, -0.2) is 23.2 Å². The number of ether oxygens (including phenoxy) is 1. The maximum atomic E-state index is 12.9. The molecule has 4 heteroatoms. The average molecular weight is 327 g/mol. The second-order valence-corrected chi connectivity index (χ2v) is 6.29. The van der Waals surface area contributed by atoms with Crippen molar-refractivity contribution in [2.45, 2.75) is 11.8 Å². The highest BCUT2D eigenvalue weighted by Crippen LogP contribution is 2.30. The van der Waals surface area contributed by atoms with Crippen LogP contribution in [0, 0.1) is 0 Å². The predicted molar refractivity (Wildman–Crippen MR) is 94.9 cm³/mol. The van der Waals surface area contributed by atoms with Crippen molar-refractivity contribution >= 4 is 27.1 Å². The van der Waals surface area contributed by atoms with Crippen molar-refractivity contribution in [3.8, 4) is 0 Å². The van der Waals surface area contributed by atoms with Crippen LogP contribution in [-0.2, 0) is 9.53 Å². The number of ketones is 1. The topological polar surface area (TPSA) is 43.4 Å². The number of Topliss-reactive ketones (excluding diaryl/α,β-unsaturated/α-hetero) is 1. The van der Waals surface area contributed by atoms with Gasteiger partial charge in [0.2, 0.25) is 5.78 Å². The second kappa shape index (κ2) is 8.25. The molecule has 1 atom stereocenters. The van der Waals surface area contributed by atoms with Crippen molar-refractivity contribution in [2.24, 2.45) is 0 Å². The lowest BCUT2D eigenvalue weighted by molar-refractivity contribution is -0.134. The molecule has 0 radical (unpaired) electrons. The zero-order valence-electron chi connectivity index (χ0n) is 13.8. The summed E-state index contributed by atoms with van der Waals surface area (Å²) >= 11 is 0. The molecule has 23 heavy (non-hydrogen) atoms. The lowest BCUT2D eigenvalue weighted by Crippen LogP contribution is -2.26. The highest BCUT2D eigenvalue weighted by molar-refractivity contribution is 8.20. The van der Waals surface area contributed by atoms with Gasteiger partial charge in [0, 0.05) is 10.5 Å². The van der Waals surface area contributed by atoms with Gasteiger partial charge < -0.3 is 4.74 Å². The zero-order valence-corrected chi connectivity index (χ0v) is 13.6. The molecular formula is C19H18O3S. The number of benzene rings is 2. The van der Waals surface area contributed by atoms with Gasteiger partial charge in [-0.15, -0.1) is 10.5 Å². The van der Waals surface area contributed by atoms with Gasteiger partial charge in [0.25, 0.3) is 0 Å². The summed E-state index contributed by atoms with van der Waals surface area (Å²) in [5, 5.41) is -0.00599. The molecule has 1 unspecified atom stereocenters. The van der Waals surface area contributed by atoms with Crippen LogP contribution in [0.15, 0.2) is 77.5 Å². The minimum atomic E-state index is -1.17. The SMILES string of the molecule is [2H]C(=C)/S(=C(/C(=O)OCC)C(=O)c1ccccc1)c1ccccc1. The molecule has 118 valence electrons. The monoisotopic (exact) mass is 327 g/mol. The number of carbonyl (C=O) groups excluding carboxylic acids is 2. The van der Waals surface area contributed by atoms with Gasteiger partial charge in [-0.2, -0.15) is 0 Å². The molecule has 0 bridgehead atoms. The highest BCUT2D eigenvalue weighted by Gasteiger charge is 2.25. The molecule has 0 saturated carbocycles. The molecule has 0 aliphatic heterocycles. The number of hydrogen-bond donors (Lipinski definition) is 0. The summed E-state index contributed by atoms with van der Waals surface area (Å²) in [6.45, 7) is 5.50. The standard InChI is InChI=1S/C19H18O3S/c1-3-22-19(21)18(17(20)15-11-7-5-8-12-15)23(4-2)16-13-9-6-10-14-16/h4-14H,2-3H2,1H3/i4D. The molecule has 0 spiro atoms. The zero-order chi connectivity index (χ0) is 17.5. The molecule has 0 aliphatic carbocycles. The van der Waals surface area contributed by atoms with Crippen molar-refractivity contribution in [1.82, 2.24) is 0 Å². The molecule has 0 N–H and O–H groups in total. The molecule has 2 rings (SSSR count). The molecule has 0 aromatic heterocycles. The van der Waals surface area contributed by atoms with E-state index in [0.717, 1.165) is 0 Å². The summed E-state index contributed by atoms with van der Waals surface area (Å²) in [6, 6.07) is 17.5. The van der Waals surface area contributed by atoms with Crippen molar-refractivity contribution in [1.29, 1.82) is 0 Å². The molecule has 0 heterocycles. The Kier molecular flexibility index (Phi) is 5.53. The summed E-state index contributed by atoms with van der Waals surface area (Å²) in [6.07, 6.45) is 0. The predicted octanol–water partition coefficient (Wildman–Crippen LogP) is 4.08. The third-order valence-corrected chi connectivity index (χ3v) is 4.82. The first-order valence-electron chi connectivity index (χ1n) is 7.65. The van der Waals surface area contributed by atoms with Crippen LogP contribution in [0.2, 0.25) is 0 Å². The molecule has 0 saturated heterocycles. The maximum absolute atomic E-state index is 12.9. The van der Waals surface area contributed by atoms with E-state index in [1.54, 1.807) is 61.5 Å². The van der Waals surface area contributed by atoms with Crippen LogP contribution in [0.1, 0.15) is 18.7 Å². The van der Waals surface area contributed by atoms with E-state index in [2.05, 4.69) is 6.58 Å². The first kappa shape index (κ1) is 15.4. The van der Waals surface area contributed by atoms with Gasteiger partial charge in [-0.1, -0.05) is 55.1 Å². The Morgan fingerprint density at radius 1 is 1.13 bits per heavy atom. The van der Waals surface area contributed by atoms with Gasteiger partial charge >= 0.3 is 5.97 Å². The van der Waals surface area contributed by atoms with Gasteiger partial charge in [0.05, 0.1) is 7.98 Å². The van der Waals surface area contributed by atoms with Crippen LogP contribution in [0.25, 0.3) is 0 Å². The van der Waals surface area contributed by atoms with E-state index in [1.165, 1.54) is 0 Å². The fourth-order valence-electron chi connectivity index (χ4n) is 2.02. The van der Waals surface area contributed by atoms with Crippen molar-refractivity contribution in [3.05, 3.63) is 78.2 Å². The quantitative estimate of drug-likeness (QED) is 0.347. The van der Waals surface area contributed by atoms with Crippen LogP contribution in [0.3, 0.4) is 0 Å². The fraction of sp³-hybridized carbons (Fsp3) is 0.105. The van der Waals surface area contributed by atoms with Crippen molar-refractivity contribution < 1.29 is 15.7 Å². The summed E-state index contributed by atoms with van der Waals surface area (Å²) in [5.41, 5.74) is 0.384. The van der Waals surface area contributed by atoms with E-state index >= 15 is 0 Å². The van der Waals surface area contributed by atoms with Gasteiger partial charge in [-0.25, -0.2) is 4.79 Å². The van der Waals surface area contributed by atoms with Crippen molar-refractivity contribution in [2.75, 3.05) is 6.61 Å². The summed E-state index contributed by atoms with van der Waals surface area (Å²) in [4.78, 5) is 26.0. The second-order valence-electron chi connectivity index (χ2n) is 4.51. The lowest BCUT2D eigenvalue weighted by atomic mass is 10.1. The van der Waals surface area contributed by atoms with E-state index in [9.17, 15) is 9.59 Å². The smallest absolute Gasteiger partial charge is 0.348 e. The summed E-state index contributed by atoms with van der Waals surface area (Å²) in [7, 11) is -1.17. The van der Waals surface area contributed by atoms with Crippen molar-refractivity contribution in [3.63, 3.8) is 0 Å². The first-order chi connectivity index (χ1) is 11.6. The van der Waals surface area contributed by atoms with Gasteiger partial charge in [0.1, 0.15) is 4.86 Å². The molecular weight excluding hydrogens is 308 g/mol. The highest BCUT2D eigenvalue weighted by atomic mass is 32.2.